The number of carbonyl (C=O) groups excluding carboxylic acids is 1. The van der Waals surface area contributed by atoms with Crippen molar-refractivity contribution in [2.24, 2.45) is 0 Å². The van der Waals surface area contributed by atoms with Gasteiger partial charge in [0, 0.05) is 5.56 Å². The van der Waals surface area contributed by atoms with Gasteiger partial charge < -0.3 is 14.3 Å². The van der Waals surface area contributed by atoms with E-state index in [1.165, 1.54) is 11.3 Å². The molecular formula is C18H12BrN3O3S. The first kappa shape index (κ1) is 16.7. The molecule has 0 aliphatic rings. The van der Waals surface area contributed by atoms with E-state index in [9.17, 15) is 4.79 Å². The summed E-state index contributed by atoms with van der Waals surface area (Å²) in [5, 5.41) is 8.70. The fourth-order valence-corrected chi connectivity index (χ4v) is 3.49. The summed E-state index contributed by atoms with van der Waals surface area (Å²) in [5.74, 6) is 0.713. The van der Waals surface area contributed by atoms with Gasteiger partial charge in [-0.25, -0.2) is 0 Å². The van der Waals surface area contributed by atoms with Gasteiger partial charge in [0.2, 0.25) is 5.82 Å². The largest absolute Gasteiger partial charge is 0.444 e. The van der Waals surface area contributed by atoms with E-state index in [1.54, 1.807) is 18.2 Å². The van der Waals surface area contributed by atoms with Crippen LogP contribution in [-0.2, 0) is 0 Å². The third-order valence-corrected chi connectivity index (χ3v) is 4.94. The smallest absolute Gasteiger partial charge is 0.291 e. The molecule has 6 nitrogen and oxygen atoms in total. The molecule has 0 bridgehead atoms. The Hall–Kier alpha value is -2.71. The van der Waals surface area contributed by atoms with Gasteiger partial charge in [0.1, 0.15) is 4.88 Å². The summed E-state index contributed by atoms with van der Waals surface area (Å²) < 4.78 is 11.2. The predicted octanol–water partition coefficient (Wildman–Crippen LogP) is 5.38. The highest BCUT2D eigenvalue weighted by molar-refractivity contribution is 9.10. The highest BCUT2D eigenvalue weighted by atomic mass is 79.9. The Morgan fingerprint density at radius 1 is 1.23 bits per heavy atom. The Labute approximate surface area is 161 Å². The molecule has 0 radical (unpaired) electrons. The van der Waals surface area contributed by atoms with E-state index in [2.05, 4.69) is 31.4 Å². The summed E-state index contributed by atoms with van der Waals surface area (Å²) in [5.41, 5.74) is 2.58. The lowest BCUT2D eigenvalue weighted by molar-refractivity contribution is 0.0995. The van der Waals surface area contributed by atoms with Gasteiger partial charge in [0.25, 0.3) is 11.8 Å². The molecule has 0 aliphatic heterocycles. The van der Waals surface area contributed by atoms with Crippen LogP contribution in [0.4, 0.5) is 5.69 Å². The van der Waals surface area contributed by atoms with Crippen LogP contribution in [0.1, 0.15) is 16.1 Å². The monoisotopic (exact) mass is 429 g/mol. The predicted molar refractivity (Wildman–Crippen MR) is 102 cm³/mol. The Morgan fingerprint density at radius 2 is 2.12 bits per heavy atom. The van der Waals surface area contributed by atoms with Crippen LogP contribution in [-0.4, -0.2) is 16.0 Å². The average molecular weight is 430 g/mol. The maximum Gasteiger partial charge on any atom is 0.291 e. The minimum Gasteiger partial charge on any atom is -0.444 e. The fourth-order valence-electron chi connectivity index (χ4n) is 2.41. The van der Waals surface area contributed by atoms with Gasteiger partial charge in [-0.05, 0) is 52.5 Å². The SMILES string of the molecule is Cc1cccc(-c2noc(-c3sccc3NC(=O)c3ccc(Br)o3)n2)c1. The molecule has 0 spiro atoms. The summed E-state index contributed by atoms with van der Waals surface area (Å²) in [6.07, 6.45) is 0. The number of amides is 1. The molecule has 1 N–H and O–H groups in total. The standard InChI is InChI=1S/C18H12BrN3O3S/c1-10-3-2-4-11(9-10)16-21-18(25-22-16)15-12(7-8-26-15)20-17(23)13-5-6-14(19)24-13/h2-9H,1H3,(H,20,23). The molecule has 4 rings (SSSR count). The van der Waals surface area contributed by atoms with Crippen LogP contribution in [0, 0.1) is 6.92 Å². The summed E-state index contributed by atoms with van der Waals surface area (Å²) in [6, 6.07) is 12.9. The number of aromatic nitrogens is 2. The number of benzene rings is 1. The highest BCUT2D eigenvalue weighted by Crippen LogP contribution is 2.34. The molecule has 0 atom stereocenters. The molecule has 3 heterocycles. The zero-order chi connectivity index (χ0) is 18.1. The maximum atomic E-state index is 12.3. The van der Waals surface area contributed by atoms with Crippen LogP contribution < -0.4 is 5.32 Å². The Morgan fingerprint density at radius 3 is 2.88 bits per heavy atom. The topological polar surface area (TPSA) is 81.2 Å². The third-order valence-electron chi connectivity index (χ3n) is 3.61. The number of hydrogen-bond acceptors (Lipinski definition) is 6. The van der Waals surface area contributed by atoms with Crippen molar-refractivity contribution in [3.63, 3.8) is 0 Å². The van der Waals surface area contributed by atoms with Gasteiger partial charge in [-0.2, -0.15) is 4.98 Å². The van der Waals surface area contributed by atoms with Crippen LogP contribution in [0.5, 0.6) is 0 Å². The molecule has 0 saturated heterocycles. The number of rotatable bonds is 4. The lowest BCUT2D eigenvalue weighted by atomic mass is 10.1. The van der Waals surface area contributed by atoms with Gasteiger partial charge in [0.15, 0.2) is 10.4 Å². The van der Waals surface area contributed by atoms with E-state index in [-0.39, 0.29) is 11.7 Å². The molecular weight excluding hydrogens is 418 g/mol. The van der Waals surface area contributed by atoms with Crippen LogP contribution in [0.15, 0.2) is 61.5 Å². The summed E-state index contributed by atoms with van der Waals surface area (Å²) in [4.78, 5) is 17.4. The minimum absolute atomic E-state index is 0.208. The van der Waals surface area contributed by atoms with E-state index in [4.69, 9.17) is 8.94 Å². The quantitative estimate of drug-likeness (QED) is 0.470. The normalized spacial score (nSPS) is 10.8. The molecule has 8 heteroatoms. The van der Waals surface area contributed by atoms with Gasteiger partial charge in [0.05, 0.1) is 5.69 Å². The third kappa shape index (κ3) is 3.33. The lowest BCUT2D eigenvalue weighted by Crippen LogP contribution is -2.10. The van der Waals surface area contributed by atoms with Crippen molar-refractivity contribution in [2.75, 3.05) is 5.32 Å². The van der Waals surface area contributed by atoms with Gasteiger partial charge in [-0.15, -0.1) is 11.3 Å². The molecule has 4 aromatic rings. The van der Waals surface area contributed by atoms with Gasteiger partial charge >= 0.3 is 0 Å². The van der Waals surface area contributed by atoms with Crippen LogP contribution in [0.25, 0.3) is 22.2 Å². The molecule has 26 heavy (non-hydrogen) atoms. The van der Waals surface area contributed by atoms with E-state index in [0.717, 1.165) is 11.1 Å². The number of hydrogen-bond donors (Lipinski definition) is 1. The number of furan rings is 1. The molecule has 1 amide bonds. The minimum atomic E-state index is -0.353. The average Bonchev–Trinajstić information content (AvgIpc) is 3.34. The van der Waals surface area contributed by atoms with E-state index < -0.39 is 0 Å². The number of thiophene rings is 1. The zero-order valence-electron chi connectivity index (χ0n) is 13.5. The van der Waals surface area contributed by atoms with Crippen molar-refractivity contribution in [3.8, 4) is 22.2 Å². The van der Waals surface area contributed by atoms with Crippen molar-refractivity contribution in [3.05, 3.63) is 63.8 Å². The second kappa shape index (κ2) is 6.89. The van der Waals surface area contributed by atoms with Crippen LogP contribution in [0.2, 0.25) is 0 Å². The molecule has 3 aromatic heterocycles. The summed E-state index contributed by atoms with van der Waals surface area (Å²) >= 11 is 4.59. The molecule has 0 saturated carbocycles. The van der Waals surface area contributed by atoms with E-state index in [0.29, 0.717) is 26.9 Å². The number of aryl methyl sites for hydroxylation is 1. The molecule has 1 aromatic carbocycles. The maximum absolute atomic E-state index is 12.3. The Kier molecular flexibility index (Phi) is 4.44. The first-order valence-electron chi connectivity index (χ1n) is 7.65. The van der Waals surface area contributed by atoms with E-state index in [1.807, 2.05) is 36.6 Å². The number of nitrogens with one attached hydrogen (secondary N) is 1. The Bertz CT molecular complexity index is 1080. The molecule has 0 unspecified atom stereocenters. The van der Waals surface area contributed by atoms with Gasteiger partial charge in [-0.3, -0.25) is 4.79 Å². The second-order valence-electron chi connectivity index (χ2n) is 5.51. The first-order chi connectivity index (χ1) is 12.6. The Balaban J connectivity index is 1.60. The number of carbonyl (C=O) groups is 1. The van der Waals surface area contributed by atoms with Crippen LogP contribution in [0.3, 0.4) is 0 Å². The molecule has 130 valence electrons. The number of nitrogens with zero attached hydrogens (tertiary/aromatic N) is 2. The van der Waals surface area contributed by atoms with Crippen molar-refractivity contribution in [2.45, 2.75) is 6.92 Å². The van der Waals surface area contributed by atoms with E-state index >= 15 is 0 Å². The molecule has 0 fully saturated rings. The molecule has 0 aliphatic carbocycles. The van der Waals surface area contributed by atoms with Crippen molar-refractivity contribution in [1.82, 2.24) is 10.1 Å². The fraction of sp³-hybridized carbons (Fsp3) is 0.0556. The summed E-state index contributed by atoms with van der Waals surface area (Å²) in [6.45, 7) is 2.00. The number of halogens is 1. The lowest BCUT2D eigenvalue weighted by Gasteiger charge is -2.02. The van der Waals surface area contributed by atoms with Crippen molar-refractivity contribution < 1.29 is 13.7 Å². The van der Waals surface area contributed by atoms with Gasteiger partial charge in [-0.1, -0.05) is 28.9 Å². The van der Waals surface area contributed by atoms with Crippen LogP contribution >= 0.6 is 27.3 Å². The number of anilines is 1. The second-order valence-corrected chi connectivity index (χ2v) is 7.21. The zero-order valence-corrected chi connectivity index (χ0v) is 15.9. The summed E-state index contributed by atoms with van der Waals surface area (Å²) in [7, 11) is 0. The first-order valence-corrected chi connectivity index (χ1v) is 9.33. The highest BCUT2D eigenvalue weighted by Gasteiger charge is 2.19. The van der Waals surface area contributed by atoms with Crippen molar-refractivity contribution >= 4 is 38.9 Å². The van der Waals surface area contributed by atoms with Crippen molar-refractivity contribution in [1.29, 1.82) is 0 Å².